The van der Waals surface area contributed by atoms with Crippen LogP contribution in [0.2, 0.25) is 0 Å². The molecule has 51 heavy (non-hydrogen) atoms. The lowest BCUT2D eigenvalue weighted by Gasteiger charge is -2.21. The highest BCUT2D eigenvalue weighted by molar-refractivity contribution is 7.47. The molecule has 2 heterocycles. The third kappa shape index (κ3) is 20.1. The first-order valence-electron chi connectivity index (χ1n) is 17.7. The lowest BCUT2D eigenvalue weighted by molar-refractivity contribution is -0.120. The molecule has 13 nitrogen and oxygen atoms in total. The van der Waals surface area contributed by atoms with Gasteiger partial charge in [0.25, 0.3) is 0 Å². The Balaban J connectivity index is 0.00000147. The number of amides is 1. The molecule has 0 saturated heterocycles. The third-order valence-electron chi connectivity index (χ3n) is 7.02. The van der Waals surface area contributed by atoms with Crippen molar-refractivity contribution in [1.29, 1.82) is 0 Å². The van der Waals surface area contributed by atoms with E-state index in [1.807, 2.05) is 58.0 Å². The fourth-order valence-corrected chi connectivity index (χ4v) is 4.80. The molecule has 1 atom stereocenters. The lowest BCUT2D eigenvalue weighted by atomic mass is 10.2. The Labute approximate surface area is 303 Å². The third-order valence-corrected chi connectivity index (χ3v) is 8.04. The van der Waals surface area contributed by atoms with Crippen LogP contribution in [-0.4, -0.2) is 75.3 Å². The number of halogens is 1. The maximum atomic E-state index is 12.0. The largest absolute Gasteiger partial charge is 0.493 e. The van der Waals surface area contributed by atoms with Gasteiger partial charge in [-0.25, -0.2) is 18.9 Å². The van der Waals surface area contributed by atoms with Gasteiger partial charge >= 0.3 is 7.82 Å². The number of anilines is 2. The molecule has 3 aromatic rings. The smallest absolute Gasteiger partial charge is 0.472 e. The number of aromatic amines is 1. The normalized spacial score (nSPS) is 12.8. The molecule has 0 saturated carbocycles. The van der Waals surface area contributed by atoms with Crippen LogP contribution in [0.15, 0.2) is 54.3 Å². The van der Waals surface area contributed by atoms with Crippen molar-refractivity contribution in [3.05, 3.63) is 60.0 Å². The summed E-state index contributed by atoms with van der Waals surface area (Å²) < 4.78 is 39.2. The minimum atomic E-state index is -4.00. The molecule has 0 aliphatic heterocycles. The number of hydrogen-bond donors (Lipinski definition) is 4. The zero-order valence-electron chi connectivity index (χ0n) is 31.6. The highest BCUT2D eigenvalue weighted by atomic mass is 31.2. The molecule has 0 bridgehead atoms. The zero-order chi connectivity index (χ0) is 38.1. The number of H-pyrrole nitrogens is 1. The van der Waals surface area contributed by atoms with Crippen LogP contribution in [0.3, 0.4) is 0 Å². The van der Waals surface area contributed by atoms with Crippen molar-refractivity contribution in [3.8, 4) is 5.75 Å². The van der Waals surface area contributed by atoms with E-state index in [0.717, 1.165) is 48.2 Å². The number of rotatable bonds is 20. The van der Waals surface area contributed by atoms with Crippen LogP contribution in [0, 0.1) is 0 Å². The van der Waals surface area contributed by atoms with E-state index >= 15 is 0 Å². The van der Waals surface area contributed by atoms with E-state index in [1.165, 1.54) is 25.7 Å². The summed E-state index contributed by atoms with van der Waals surface area (Å²) in [5.41, 5.74) is 2.39. The van der Waals surface area contributed by atoms with Crippen LogP contribution in [0.5, 0.6) is 5.75 Å². The topological polar surface area (TPSA) is 164 Å². The number of fused-ring (bicyclic) bond motifs is 1. The molecule has 4 N–H and O–H groups in total. The summed E-state index contributed by atoms with van der Waals surface area (Å²) in [6.45, 7) is 17.9. The predicted octanol–water partition coefficient (Wildman–Crippen LogP) is 8.39. The van der Waals surface area contributed by atoms with E-state index in [0.29, 0.717) is 49.8 Å². The van der Waals surface area contributed by atoms with Gasteiger partial charge in [0.05, 0.1) is 31.2 Å². The second-order valence-corrected chi connectivity index (χ2v) is 13.0. The Morgan fingerprint density at radius 3 is 2.37 bits per heavy atom. The molecule has 1 amide bonds. The molecule has 1 aromatic carbocycles. The van der Waals surface area contributed by atoms with Gasteiger partial charge < -0.3 is 25.2 Å². The van der Waals surface area contributed by atoms with E-state index in [9.17, 15) is 18.6 Å². The second kappa shape index (κ2) is 26.1. The van der Waals surface area contributed by atoms with Crippen LogP contribution >= 0.6 is 7.82 Å². The number of phosphoric acid groups is 1. The van der Waals surface area contributed by atoms with Crippen LogP contribution in [-0.2, 0) is 24.8 Å². The number of nitrogens with one attached hydrogen (secondary N) is 3. The van der Waals surface area contributed by atoms with Gasteiger partial charge in [-0.1, -0.05) is 52.7 Å². The second-order valence-electron chi connectivity index (χ2n) is 11.5. The first-order valence-corrected chi connectivity index (χ1v) is 19.1. The number of hydrogen-bond acceptors (Lipinski definition) is 10. The Morgan fingerprint density at radius 1 is 1.02 bits per heavy atom. The molecule has 0 aliphatic carbocycles. The number of carbonyl (C=O) groups is 1. The maximum Gasteiger partial charge on any atom is 0.472 e. The van der Waals surface area contributed by atoms with Crippen LogP contribution in [0.25, 0.3) is 10.9 Å². The average Bonchev–Trinajstić information content (AvgIpc) is 3.56. The Morgan fingerprint density at radius 2 is 1.73 bits per heavy atom. The van der Waals surface area contributed by atoms with Gasteiger partial charge in [0.1, 0.15) is 17.9 Å². The number of aromatic nitrogens is 4. The molecule has 2 aromatic heterocycles. The number of benzene rings is 1. The van der Waals surface area contributed by atoms with E-state index in [1.54, 1.807) is 6.92 Å². The van der Waals surface area contributed by atoms with Crippen molar-refractivity contribution >= 4 is 36.3 Å². The standard InChI is InChI=1S/C29H44N7O6P.C4H7F.C3H8/c1-5-8-17-41-43(38,39)42-18-15-36(7-3)14-9-16-40-24-11-12-25-26(20-24)30-21-31-29(25)33-27-19-23(34-35-27)10-13-28(37)32-22(4)6-2;1-3-4(2)5;1-3-2/h6,11-12,19-21H,5,7-10,13-18H2,1-4H3,(H,32,37)(H,38,39)(H2,30,31,33,34,35);3H,1-2H3;3H2,1-2H3/b22-6+;4-3+;. The van der Waals surface area contributed by atoms with Crippen LogP contribution in [0.4, 0.5) is 16.0 Å². The summed E-state index contributed by atoms with van der Waals surface area (Å²) in [5.74, 6) is 1.74. The first-order chi connectivity index (χ1) is 24.4. The molecule has 0 spiro atoms. The highest BCUT2D eigenvalue weighted by Gasteiger charge is 2.20. The Hall–Kier alpha value is -3.68. The minimum Gasteiger partial charge on any atom is -0.493 e. The lowest BCUT2D eigenvalue weighted by Crippen LogP contribution is -2.29. The number of nitrogens with zero attached hydrogens (tertiary/aromatic N) is 4. The van der Waals surface area contributed by atoms with E-state index in [2.05, 4.69) is 49.5 Å². The van der Waals surface area contributed by atoms with E-state index < -0.39 is 7.82 Å². The van der Waals surface area contributed by atoms with Crippen molar-refractivity contribution in [2.24, 2.45) is 0 Å². The monoisotopic (exact) mass is 735 g/mol. The molecule has 0 radical (unpaired) electrons. The average molecular weight is 736 g/mol. The summed E-state index contributed by atoms with van der Waals surface area (Å²) >= 11 is 0. The predicted molar refractivity (Wildman–Crippen MR) is 203 cm³/mol. The van der Waals surface area contributed by atoms with Gasteiger partial charge in [0.2, 0.25) is 5.91 Å². The number of allylic oxidation sites excluding steroid dienone is 4. The first kappa shape index (κ1) is 45.3. The summed E-state index contributed by atoms with van der Waals surface area (Å²) in [7, 11) is -4.00. The van der Waals surface area contributed by atoms with Crippen molar-refractivity contribution in [2.75, 3.05) is 44.8 Å². The number of unbranched alkanes of at least 4 members (excludes halogenated alkanes) is 1. The number of aryl methyl sites for hydroxylation is 1. The maximum absolute atomic E-state index is 12.0. The van der Waals surface area contributed by atoms with Crippen molar-refractivity contribution in [3.63, 3.8) is 0 Å². The summed E-state index contributed by atoms with van der Waals surface area (Å²) in [5, 5.41) is 14.1. The summed E-state index contributed by atoms with van der Waals surface area (Å²) in [6.07, 6.45) is 9.24. The quantitative estimate of drug-likeness (QED) is 0.0651. The fraction of sp³-hybridized carbons (Fsp3) is 0.556. The molecular weight excluding hydrogens is 676 g/mol. The van der Waals surface area contributed by atoms with E-state index in [-0.39, 0.29) is 24.9 Å². The van der Waals surface area contributed by atoms with Gasteiger partial charge in [-0.3, -0.25) is 18.9 Å². The van der Waals surface area contributed by atoms with Gasteiger partial charge in [-0.15, -0.1) is 0 Å². The number of phosphoric ester groups is 1. The van der Waals surface area contributed by atoms with Gasteiger partial charge in [-0.05, 0) is 65.6 Å². The minimum absolute atomic E-state index is 0.0454. The molecule has 0 aliphatic rings. The number of likely N-dealkylation sites (N-methyl/N-ethyl adjacent to an activating group) is 1. The summed E-state index contributed by atoms with van der Waals surface area (Å²) in [4.78, 5) is 32.7. The molecule has 3 rings (SSSR count). The Kier molecular flexibility index (Phi) is 23.2. The van der Waals surface area contributed by atoms with Crippen molar-refractivity contribution < 1.29 is 32.4 Å². The zero-order valence-corrected chi connectivity index (χ0v) is 32.5. The molecule has 1 unspecified atom stereocenters. The van der Waals surface area contributed by atoms with Crippen molar-refractivity contribution in [1.82, 2.24) is 30.4 Å². The number of carbonyl (C=O) groups excluding carboxylic acids is 1. The van der Waals surface area contributed by atoms with Crippen molar-refractivity contribution in [2.45, 2.75) is 93.9 Å². The Bertz CT molecular complexity index is 1530. The van der Waals surface area contributed by atoms with Gasteiger partial charge in [0.15, 0.2) is 5.82 Å². The molecule has 286 valence electrons. The molecular formula is C36H59FN7O6P. The highest BCUT2D eigenvalue weighted by Crippen LogP contribution is 2.43. The van der Waals surface area contributed by atoms with E-state index in [4.69, 9.17) is 13.8 Å². The molecule has 15 heteroatoms. The molecule has 0 fully saturated rings. The van der Waals surface area contributed by atoms with Crippen LogP contribution in [0.1, 0.15) is 93.2 Å². The fourth-order valence-electron chi connectivity index (χ4n) is 4.06. The van der Waals surface area contributed by atoms with Gasteiger partial charge in [0, 0.05) is 48.4 Å². The summed E-state index contributed by atoms with van der Waals surface area (Å²) in [6, 6.07) is 7.50. The van der Waals surface area contributed by atoms with Crippen LogP contribution < -0.4 is 15.4 Å². The SMILES string of the molecule is C/C=C(\C)F.C/C=C(\C)NC(=O)CCc1cc(Nc2ncnc3cc(OCCCN(CC)CCOP(=O)(O)OCCCC)ccc23)n[nH]1.CCC. The number of ether oxygens (including phenoxy) is 1. The van der Waals surface area contributed by atoms with Gasteiger partial charge in [-0.2, -0.15) is 5.10 Å².